The van der Waals surface area contributed by atoms with Crippen molar-refractivity contribution in [1.29, 1.82) is 0 Å². The highest BCUT2D eigenvalue weighted by Crippen LogP contribution is 2.14. The third-order valence-electron chi connectivity index (χ3n) is 3.25. The molecule has 0 aliphatic rings. The summed E-state index contributed by atoms with van der Waals surface area (Å²) >= 11 is 1.28. The van der Waals surface area contributed by atoms with Gasteiger partial charge in [-0.05, 0) is 18.9 Å². The highest BCUT2D eigenvalue weighted by molar-refractivity contribution is 7.15. The first-order valence-electron chi connectivity index (χ1n) is 8.09. The molecule has 0 saturated carbocycles. The summed E-state index contributed by atoms with van der Waals surface area (Å²) < 4.78 is 4.89. The van der Waals surface area contributed by atoms with E-state index in [0.717, 1.165) is 10.6 Å². The molecule has 0 fully saturated rings. The summed E-state index contributed by atoms with van der Waals surface area (Å²) in [5.74, 6) is -1.12. The second-order valence-corrected chi connectivity index (χ2v) is 6.63. The van der Waals surface area contributed by atoms with E-state index in [9.17, 15) is 14.4 Å². The van der Waals surface area contributed by atoms with Crippen LogP contribution in [0.3, 0.4) is 0 Å². The molecule has 0 atom stereocenters. The van der Waals surface area contributed by atoms with Crippen LogP contribution in [0.5, 0.6) is 0 Å². The Morgan fingerprint density at radius 2 is 1.85 bits per heavy atom. The number of aromatic nitrogens is 2. The van der Waals surface area contributed by atoms with Crippen molar-refractivity contribution < 1.29 is 19.1 Å². The van der Waals surface area contributed by atoms with Gasteiger partial charge in [-0.2, -0.15) is 0 Å². The lowest BCUT2D eigenvalue weighted by molar-refractivity contribution is -0.148. The number of benzene rings is 1. The number of hydrogen-bond donors (Lipinski definition) is 2. The zero-order valence-corrected chi connectivity index (χ0v) is 15.2. The van der Waals surface area contributed by atoms with Gasteiger partial charge in [0.2, 0.25) is 11.0 Å². The maximum absolute atomic E-state index is 11.7. The molecule has 2 amide bonds. The molecule has 0 bridgehead atoms. The molecule has 0 radical (unpaired) electrons. The molecule has 1 aromatic carbocycles. The molecule has 2 rings (SSSR count). The molecular formula is C17H20N4O4S. The molecule has 0 unspecified atom stereocenters. The van der Waals surface area contributed by atoms with Crippen LogP contribution in [0.15, 0.2) is 30.3 Å². The average Bonchev–Trinajstić information content (AvgIpc) is 3.03. The summed E-state index contributed by atoms with van der Waals surface area (Å²) in [5.41, 5.74) is 0.962. The summed E-state index contributed by atoms with van der Waals surface area (Å²) in [6.45, 7) is 1.84. The number of esters is 1. The molecule has 9 heteroatoms. The van der Waals surface area contributed by atoms with Gasteiger partial charge in [0.15, 0.2) is 6.61 Å². The number of ether oxygens (including phenoxy) is 1. The topological polar surface area (TPSA) is 110 Å². The van der Waals surface area contributed by atoms with Gasteiger partial charge in [-0.1, -0.05) is 41.7 Å². The van der Waals surface area contributed by atoms with Gasteiger partial charge >= 0.3 is 5.97 Å². The smallest absolute Gasteiger partial charge is 0.306 e. The molecule has 2 aromatic rings. The minimum absolute atomic E-state index is 0.0640. The van der Waals surface area contributed by atoms with Crippen LogP contribution in [0.4, 0.5) is 5.13 Å². The van der Waals surface area contributed by atoms with E-state index >= 15 is 0 Å². The summed E-state index contributed by atoms with van der Waals surface area (Å²) in [4.78, 5) is 35.0. The molecule has 0 aliphatic carbocycles. The number of nitrogens with one attached hydrogen (secondary N) is 2. The van der Waals surface area contributed by atoms with E-state index in [0.29, 0.717) is 18.1 Å². The molecule has 0 spiro atoms. The van der Waals surface area contributed by atoms with Gasteiger partial charge in [0.05, 0.1) is 0 Å². The van der Waals surface area contributed by atoms with Gasteiger partial charge in [-0.15, -0.1) is 10.2 Å². The normalized spacial score (nSPS) is 10.2. The Bertz CT molecular complexity index is 748. The monoisotopic (exact) mass is 376 g/mol. The first kappa shape index (κ1) is 19.5. The van der Waals surface area contributed by atoms with E-state index in [2.05, 4.69) is 20.8 Å². The third-order valence-corrected chi connectivity index (χ3v) is 4.01. The van der Waals surface area contributed by atoms with E-state index in [4.69, 9.17) is 4.74 Å². The van der Waals surface area contributed by atoms with Crippen LogP contribution < -0.4 is 10.6 Å². The van der Waals surface area contributed by atoms with Gasteiger partial charge < -0.3 is 15.4 Å². The number of anilines is 1. The van der Waals surface area contributed by atoms with Gasteiger partial charge in [-0.25, -0.2) is 0 Å². The summed E-state index contributed by atoms with van der Waals surface area (Å²) in [5, 5.41) is 14.1. The fourth-order valence-corrected chi connectivity index (χ4v) is 2.60. The number of aryl methyl sites for hydroxylation is 1. The Balaban J connectivity index is 1.55. The summed E-state index contributed by atoms with van der Waals surface area (Å²) in [6.07, 6.45) is 0.552. The number of amides is 2. The average molecular weight is 376 g/mol. The zero-order chi connectivity index (χ0) is 18.8. The predicted octanol–water partition coefficient (Wildman–Crippen LogP) is 1.81. The van der Waals surface area contributed by atoms with E-state index in [-0.39, 0.29) is 31.3 Å². The summed E-state index contributed by atoms with van der Waals surface area (Å²) in [6, 6.07) is 9.43. The van der Waals surface area contributed by atoms with Gasteiger partial charge in [0, 0.05) is 19.4 Å². The molecule has 8 nitrogen and oxygen atoms in total. The Labute approximate surface area is 155 Å². The lowest BCUT2D eigenvalue weighted by atomic mass is 10.2. The van der Waals surface area contributed by atoms with E-state index in [1.807, 2.05) is 30.3 Å². The van der Waals surface area contributed by atoms with Crippen LogP contribution >= 0.6 is 11.3 Å². The fraction of sp³-hybridized carbons (Fsp3) is 0.353. The second kappa shape index (κ2) is 10.2. The Morgan fingerprint density at radius 3 is 2.54 bits per heavy atom. The van der Waals surface area contributed by atoms with Gasteiger partial charge in [0.1, 0.15) is 5.01 Å². The number of hydrogen-bond acceptors (Lipinski definition) is 7. The zero-order valence-electron chi connectivity index (χ0n) is 14.4. The lowest BCUT2D eigenvalue weighted by Gasteiger charge is -2.06. The van der Waals surface area contributed by atoms with Crippen molar-refractivity contribution in [3.05, 3.63) is 40.9 Å². The molecule has 1 heterocycles. The van der Waals surface area contributed by atoms with E-state index in [1.54, 1.807) is 6.92 Å². The minimum atomic E-state index is -0.514. The van der Waals surface area contributed by atoms with Crippen LogP contribution in [0.2, 0.25) is 0 Å². The Hall–Kier alpha value is -2.81. The predicted molar refractivity (Wildman–Crippen MR) is 96.4 cm³/mol. The molecular weight excluding hydrogens is 356 g/mol. The SMILES string of the molecule is Cc1nnc(NC(=O)CCCC(=O)OCC(=O)NCc2ccccc2)s1. The maximum Gasteiger partial charge on any atom is 0.306 e. The van der Waals surface area contributed by atoms with Crippen LogP contribution in [0, 0.1) is 6.92 Å². The molecule has 138 valence electrons. The number of carbonyl (C=O) groups excluding carboxylic acids is 3. The standard InChI is InChI=1S/C17H20N4O4S/c1-12-20-21-17(26-12)19-14(22)8-5-9-16(24)25-11-15(23)18-10-13-6-3-2-4-7-13/h2-4,6-7H,5,8-11H2,1H3,(H,18,23)(H,19,21,22). The highest BCUT2D eigenvalue weighted by Gasteiger charge is 2.10. The van der Waals surface area contributed by atoms with Crippen LogP contribution in [-0.4, -0.2) is 34.6 Å². The molecule has 0 aliphatic heterocycles. The molecule has 1 aromatic heterocycles. The fourth-order valence-electron chi connectivity index (χ4n) is 1.99. The van der Waals surface area contributed by atoms with Gasteiger partial charge in [-0.3, -0.25) is 14.4 Å². The Morgan fingerprint density at radius 1 is 1.08 bits per heavy atom. The summed E-state index contributed by atoms with van der Waals surface area (Å²) in [7, 11) is 0. The van der Waals surface area contributed by atoms with Crippen molar-refractivity contribution in [1.82, 2.24) is 15.5 Å². The van der Waals surface area contributed by atoms with Crippen molar-refractivity contribution in [2.45, 2.75) is 32.7 Å². The van der Waals surface area contributed by atoms with Crippen LogP contribution in [0.1, 0.15) is 29.8 Å². The lowest BCUT2D eigenvalue weighted by Crippen LogP contribution is -2.28. The first-order chi connectivity index (χ1) is 12.5. The van der Waals surface area contributed by atoms with Crippen LogP contribution in [0.25, 0.3) is 0 Å². The maximum atomic E-state index is 11.7. The van der Waals surface area contributed by atoms with Crippen molar-refractivity contribution >= 4 is 34.3 Å². The van der Waals surface area contributed by atoms with E-state index < -0.39 is 5.97 Å². The van der Waals surface area contributed by atoms with Gasteiger partial charge in [0.25, 0.3) is 5.91 Å². The van der Waals surface area contributed by atoms with Crippen molar-refractivity contribution in [3.8, 4) is 0 Å². The van der Waals surface area contributed by atoms with Crippen LogP contribution in [-0.2, 0) is 25.7 Å². The molecule has 26 heavy (non-hydrogen) atoms. The minimum Gasteiger partial charge on any atom is -0.456 e. The quantitative estimate of drug-likeness (QED) is 0.646. The second-order valence-electron chi connectivity index (χ2n) is 5.45. The van der Waals surface area contributed by atoms with Crippen molar-refractivity contribution in [2.75, 3.05) is 11.9 Å². The number of carbonyl (C=O) groups is 3. The number of rotatable bonds is 9. The highest BCUT2D eigenvalue weighted by atomic mass is 32.1. The molecule has 2 N–H and O–H groups in total. The first-order valence-corrected chi connectivity index (χ1v) is 8.91. The largest absolute Gasteiger partial charge is 0.456 e. The van der Waals surface area contributed by atoms with Crippen molar-refractivity contribution in [2.24, 2.45) is 0 Å². The third kappa shape index (κ3) is 7.39. The Kier molecular flexibility index (Phi) is 7.69. The van der Waals surface area contributed by atoms with Crippen molar-refractivity contribution in [3.63, 3.8) is 0 Å². The molecule has 0 saturated heterocycles. The number of nitrogens with zero attached hydrogens (tertiary/aromatic N) is 2. The van der Waals surface area contributed by atoms with E-state index in [1.165, 1.54) is 11.3 Å².